The quantitative estimate of drug-likeness (QED) is 0.378. The number of ether oxygens (including phenoxy) is 2. The Kier molecular flexibility index (Phi) is 8.82. The van der Waals surface area contributed by atoms with E-state index >= 15 is 0 Å². The first-order valence-corrected chi connectivity index (χ1v) is 13.3. The van der Waals surface area contributed by atoms with E-state index in [2.05, 4.69) is 44.4 Å². The third-order valence-corrected chi connectivity index (χ3v) is 6.74. The topological polar surface area (TPSA) is 86.5 Å². The van der Waals surface area contributed by atoms with Gasteiger partial charge in [0.15, 0.2) is 0 Å². The number of rotatable bonds is 5. The lowest BCUT2D eigenvalue weighted by atomic mass is 10.1. The van der Waals surface area contributed by atoms with Crippen molar-refractivity contribution in [1.29, 1.82) is 5.26 Å². The second-order valence-corrected chi connectivity index (χ2v) is 9.57. The number of benzene rings is 2. The van der Waals surface area contributed by atoms with Crippen molar-refractivity contribution in [3.8, 4) is 28.8 Å². The number of anilines is 2. The first-order chi connectivity index (χ1) is 18.8. The minimum absolute atomic E-state index is 0.323. The van der Waals surface area contributed by atoms with Gasteiger partial charge in [0, 0.05) is 42.6 Å². The summed E-state index contributed by atoms with van der Waals surface area (Å²) in [5.41, 5.74) is 3.68. The average Bonchev–Trinajstić information content (AvgIpc) is 3.45. The van der Waals surface area contributed by atoms with Crippen LogP contribution in [0.25, 0.3) is 11.3 Å². The standard InChI is InChI=1S/C30H34N6O2/c31-12-17-36-16-2-1-5-19-37-27-8-6-7-24(22-27)28-11-13-32-30(34-28)33-26-9-10-29(25(21-26)23-36)38-20-18-35-14-3-4-15-35/h1-2,6-11,13,21-22H,3-5,14-20,23H2,(H,32,33,34). The number of fused-ring (bicyclic) bond motifs is 7. The molecule has 2 aliphatic rings. The molecular weight excluding hydrogens is 476 g/mol. The largest absolute Gasteiger partial charge is 0.493 e. The molecule has 8 nitrogen and oxygen atoms in total. The van der Waals surface area contributed by atoms with Gasteiger partial charge < -0.3 is 14.8 Å². The van der Waals surface area contributed by atoms with Gasteiger partial charge in [-0.25, -0.2) is 9.97 Å². The fourth-order valence-electron chi connectivity index (χ4n) is 4.78. The molecule has 0 saturated carbocycles. The highest BCUT2D eigenvalue weighted by molar-refractivity contribution is 5.64. The van der Waals surface area contributed by atoms with Crippen LogP contribution < -0.4 is 14.8 Å². The molecule has 38 heavy (non-hydrogen) atoms. The average molecular weight is 511 g/mol. The molecule has 0 spiro atoms. The summed E-state index contributed by atoms with van der Waals surface area (Å²) in [6.45, 7) is 6.02. The minimum atomic E-state index is 0.323. The van der Waals surface area contributed by atoms with Crippen LogP contribution in [-0.2, 0) is 6.54 Å². The molecule has 0 unspecified atom stereocenters. The first kappa shape index (κ1) is 25.7. The molecule has 2 aliphatic heterocycles. The molecule has 1 N–H and O–H groups in total. The molecule has 3 aromatic rings. The van der Waals surface area contributed by atoms with Crippen LogP contribution in [0.1, 0.15) is 24.8 Å². The van der Waals surface area contributed by atoms with Gasteiger partial charge in [0.05, 0.1) is 24.9 Å². The predicted molar refractivity (Wildman–Crippen MR) is 149 cm³/mol. The fourth-order valence-corrected chi connectivity index (χ4v) is 4.78. The van der Waals surface area contributed by atoms with Crippen LogP contribution in [-0.4, -0.2) is 65.7 Å². The number of hydrogen-bond donors (Lipinski definition) is 1. The highest BCUT2D eigenvalue weighted by Crippen LogP contribution is 2.28. The molecule has 8 heteroatoms. The lowest BCUT2D eigenvalue weighted by molar-refractivity contribution is 0.233. The Hall–Kier alpha value is -3.93. The zero-order valence-electron chi connectivity index (χ0n) is 21.7. The predicted octanol–water partition coefficient (Wildman–Crippen LogP) is 5.03. The molecule has 0 amide bonds. The molecule has 196 valence electrons. The van der Waals surface area contributed by atoms with Crippen molar-refractivity contribution in [2.45, 2.75) is 25.8 Å². The van der Waals surface area contributed by atoms with Crippen molar-refractivity contribution in [3.05, 3.63) is 72.4 Å². The van der Waals surface area contributed by atoms with Crippen molar-refractivity contribution in [2.75, 3.05) is 51.3 Å². The molecule has 0 atom stereocenters. The first-order valence-electron chi connectivity index (χ1n) is 13.3. The lowest BCUT2D eigenvalue weighted by Gasteiger charge is -2.21. The van der Waals surface area contributed by atoms with Gasteiger partial charge in [-0.2, -0.15) is 5.26 Å². The molecule has 6 bridgehead atoms. The van der Waals surface area contributed by atoms with Crippen molar-refractivity contribution in [1.82, 2.24) is 19.8 Å². The summed E-state index contributed by atoms with van der Waals surface area (Å²) in [5, 5.41) is 12.8. The molecule has 5 rings (SSSR count). The zero-order chi connectivity index (χ0) is 26.0. The maximum atomic E-state index is 9.47. The van der Waals surface area contributed by atoms with Crippen molar-refractivity contribution >= 4 is 11.6 Å². The van der Waals surface area contributed by atoms with Crippen LogP contribution in [0, 0.1) is 11.3 Å². The van der Waals surface area contributed by atoms with Crippen LogP contribution >= 0.6 is 0 Å². The number of likely N-dealkylation sites (tertiary alicyclic amines) is 1. The van der Waals surface area contributed by atoms with E-state index in [-0.39, 0.29) is 0 Å². The van der Waals surface area contributed by atoms with E-state index in [0.717, 1.165) is 60.1 Å². The van der Waals surface area contributed by atoms with Gasteiger partial charge in [-0.1, -0.05) is 24.3 Å². The van der Waals surface area contributed by atoms with Crippen LogP contribution in [0.2, 0.25) is 0 Å². The van der Waals surface area contributed by atoms with E-state index < -0.39 is 0 Å². The molecular formula is C30H34N6O2. The molecule has 1 saturated heterocycles. The Balaban J connectivity index is 1.42. The van der Waals surface area contributed by atoms with E-state index in [1.54, 1.807) is 6.20 Å². The van der Waals surface area contributed by atoms with Gasteiger partial charge in [0.1, 0.15) is 18.1 Å². The summed E-state index contributed by atoms with van der Waals surface area (Å²) in [6, 6.07) is 18.2. The van der Waals surface area contributed by atoms with E-state index in [4.69, 9.17) is 14.5 Å². The highest BCUT2D eigenvalue weighted by atomic mass is 16.5. The summed E-state index contributed by atoms with van der Waals surface area (Å²) in [6.07, 6.45) is 9.29. The molecule has 3 heterocycles. The third kappa shape index (κ3) is 7.09. The van der Waals surface area contributed by atoms with Gasteiger partial charge in [-0.05, 0) is 68.8 Å². The smallest absolute Gasteiger partial charge is 0.227 e. The number of aromatic nitrogens is 2. The van der Waals surface area contributed by atoms with Crippen molar-refractivity contribution in [3.63, 3.8) is 0 Å². The third-order valence-electron chi connectivity index (χ3n) is 6.74. The summed E-state index contributed by atoms with van der Waals surface area (Å²) in [7, 11) is 0. The maximum absolute atomic E-state index is 9.47. The van der Waals surface area contributed by atoms with E-state index in [1.807, 2.05) is 42.5 Å². The van der Waals surface area contributed by atoms with Crippen molar-refractivity contribution in [2.24, 2.45) is 0 Å². The van der Waals surface area contributed by atoms with Crippen molar-refractivity contribution < 1.29 is 9.47 Å². The van der Waals surface area contributed by atoms with Gasteiger partial charge in [-0.15, -0.1) is 0 Å². The summed E-state index contributed by atoms with van der Waals surface area (Å²) in [4.78, 5) is 13.7. The SMILES string of the molecule is N#CCN1CC=CCCOc2cccc(c2)-c2ccnc(n2)Nc2ccc(OCCN3CCCC3)c(c2)C1. The maximum Gasteiger partial charge on any atom is 0.227 e. The Bertz CT molecular complexity index is 1280. The van der Waals surface area contributed by atoms with E-state index in [0.29, 0.717) is 38.8 Å². The second kappa shape index (κ2) is 13.0. The minimum Gasteiger partial charge on any atom is -0.493 e. The summed E-state index contributed by atoms with van der Waals surface area (Å²) in [5.74, 6) is 2.16. The Morgan fingerprint density at radius 2 is 1.97 bits per heavy atom. The Morgan fingerprint density at radius 1 is 1.05 bits per heavy atom. The Labute approximate surface area is 224 Å². The van der Waals surface area contributed by atoms with Gasteiger partial charge >= 0.3 is 0 Å². The molecule has 2 aromatic carbocycles. The lowest BCUT2D eigenvalue weighted by Crippen LogP contribution is -2.26. The molecule has 1 aromatic heterocycles. The number of nitrogens with one attached hydrogen (secondary N) is 1. The van der Waals surface area contributed by atoms with Gasteiger partial charge in [0.2, 0.25) is 5.95 Å². The van der Waals surface area contributed by atoms with E-state index in [1.165, 1.54) is 12.8 Å². The van der Waals surface area contributed by atoms with Gasteiger partial charge in [0.25, 0.3) is 0 Å². The highest BCUT2D eigenvalue weighted by Gasteiger charge is 2.14. The van der Waals surface area contributed by atoms with Crippen LogP contribution in [0.4, 0.5) is 11.6 Å². The van der Waals surface area contributed by atoms with Crippen LogP contribution in [0.5, 0.6) is 11.5 Å². The second-order valence-electron chi connectivity index (χ2n) is 9.57. The van der Waals surface area contributed by atoms with Crippen LogP contribution in [0.15, 0.2) is 66.9 Å². The van der Waals surface area contributed by atoms with E-state index in [9.17, 15) is 5.26 Å². The van der Waals surface area contributed by atoms with Crippen LogP contribution in [0.3, 0.4) is 0 Å². The normalized spacial score (nSPS) is 16.5. The number of hydrogen-bond acceptors (Lipinski definition) is 8. The number of nitriles is 1. The summed E-state index contributed by atoms with van der Waals surface area (Å²) >= 11 is 0. The molecule has 1 fully saturated rings. The fraction of sp³-hybridized carbons (Fsp3) is 0.367. The number of nitrogens with zero attached hydrogens (tertiary/aromatic N) is 5. The monoisotopic (exact) mass is 510 g/mol. The molecule has 0 aliphatic carbocycles. The van der Waals surface area contributed by atoms with Gasteiger partial charge in [-0.3, -0.25) is 9.80 Å². The summed E-state index contributed by atoms with van der Waals surface area (Å²) < 4.78 is 12.2. The Morgan fingerprint density at radius 3 is 2.87 bits per heavy atom. The molecule has 0 radical (unpaired) electrons. The zero-order valence-corrected chi connectivity index (χ0v) is 21.7.